The molecule has 2 aromatic carbocycles. The van der Waals surface area contributed by atoms with E-state index in [2.05, 4.69) is 15.2 Å². The number of nitrogens with one attached hydrogen (secondary N) is 2. The number of carbonyl (C=O) groups is 2. The fourth-order valence-corrected chi connectivity index (χ4v) is 5.91. The highest BCUT2D eigenvalue weighted by Crippen LogP contribution is 2.30. The van der Waals surface area contributed by atoms with Gasteiger partial charge >= 0.3 is 6.03 Å². The largest absolute Gasteiger partial charge is 0.488 e. The molecule has 0 unspecified atom stereocenters. The first-order valence-corrected chi connectivity index (χ1v) is 15.5. The molecule has 0 bridgehead atoms. The third-order valence-corrected chi connectivity index (χ3v) is 8.96. The van der Waals surface area contributed by atoms with Crippen LogP contribution in [0.15, 0.2) is 51.9 Å². The minimum atomic E-state index is -3.88. The van der Waals surface area contributed by atoms with Crippen molar-refractivity contribution in [1.82, 2.24) is 15.0 Å². The molecule has 0 saturated carbocycles. The molecule has 0 radical (unpaired) electrons. The van der Waals surface area contributed by atoms with Gasteiger partial charge in [-0.05, 0) is 58.0 Å². The summed E-state index contributed by atoms with van der Waals surface area (Å²) in [5.74, 6) is 0.419. The third kappa shape index (κ3) is 7.46. The molecule has 0 spiro atoms. The fourth-order valence-electron chi connectivity index (χ4n) is 4.86. The number of benzene rings is 2. The molecule has 0 saturated heterocycles. The van der Waals surface area contributed by atoms with Gasteiger partial charge in [0.2, 0.25) is 5.91 Å². The van der Waals surface area contributed by atoms with Crippen LogP contribution >= 0.6 is 0 Å². The number of aryl methyl sites for hydroxylation is 3. The van der Waals surface area contributed by atoms with Gasteiger partial charge in [0.25, 0.3) is 10.0 Å². The quantitative estimate of drug-likeness (QED) is 0.347. The molecular formula is C30H39N5O7S. The van der Waals surface area contributed by atoms with E-state index in [1.165, 1.54) is 17.0 Å². The summed E-state index contributed by atoms with van der Waals surface area (Å²) < 4.78 is 40.3. The lowest BCUT2D eigenvalue weighted by Gasteiger charge is -2.34. The molecule has 1 aliphatic heterocycles. The van der Waals surface area contributed by atoms with Crippen LogP contribution in [0.1, 0.15) is 36.4 Å². The van der Waals surface area contributed by atoms with E-state index in [9.17, 15) is 23.1 Å². The molecule has 0 fully saturated rings. The second kappa shape index (κ2) is 13.0. The standard InChI is InChI=1S/C30H39N5O7S/c1-18-7-10-25(11-8-18)43(39,40)33-24-9-12-26-23(13-24)14-28(37)35(20(3)17-36)15-19(2)27(41-26)16-34(6)30(38)31-29-21(4)32-42-22(29)5/h7-13,19-20,27,33,36H,14-17H2,1-6H3,(H,31,38)/t19-,20-,27-/m1/s1. The minimum absolute atomic E-state index is 0.0679. The van der Waals surface area contributed by atoms with Crippen molar-refractivity contribution in [3.63, 3.8) is 0 Å². The Morgan fingerprint density at radius 2 is 1.88 bits per heavy atom. The van der Waals surface area contributed by atoms with Crippen LogP contribution in [0.5, 0.6) is 5.75 Å². The molecule has 1 aromatic heterocycles. The molecule has 3 N–H and O–H groups in total. The van der Waals surface area contributed by atoms with Crippen molar-refractivity contribution in [1.29, 1.82) is 0 Å². The normalized spacial score (nSPS) is 18.0. The van der Waals surface area contributed by atoms with E-state index in [0.717, 1.165) is 5.56 Å². The average molecular weight is 614 g/mol. The van der Waals surface area contributed by atoms with Gasteiger partial charge in [0, 0.05) is 30.8 Å². The van der Waals surface area contributed by atoms with Crippen molar-refractivity contribution < 1.29 is 32.4 Å². The van der Waals surface area contributed by atoms with Crippen LogP contribution < -0.4 is 14.8 Å². The average Bonchev–Trinajstić information content (AvgIpc) is 3.29. The number of urea groups is 1. The number of ether oxygens (including phenoxy) is 1. The van der Waals surface area contributed by atoms with Crippen LogP contribution in [0.25, 0.3) is 0 Å². The molecule has 3 amide bonds. The summed E-state index contributed by atoms with van der Waals surface area (Å²) in [4.78, 5) is 29.8. The van der Waals surface area contributed by atoms with Gasteiger partial charge in [-0.3, -0.25) is 9.52 Å². The van der Waals surface area contributed by atoms with Crippen molar-refractivity contribution in [3.8, 4) is 5.75 Å². The number of aliphatic hydroxyl groups is 1. The number of hydrogen-bond acceptors (Lipinski definition) is 8. The first-order chi connectivity index (χ1) is 20.3. The van der Waals surface area contributed by atoms with Crippen LogP contribution in [0.2, 0.25) is 0 Å². The first-order valence-electron chi connectivity index (χ1n) is 14.0. The number of amides is 3. The lowest BCUT2D eigenvalue weighted by Crippen LogP contribution is -2.48. The van der Waals surface area contributed by atoms with Crippen LogP contribution in [0.4, 0.5) is 16.2 Å². The Labute approximate surface area is 252 Å². The lowest BCUT2D eigenvalue weighted by molar-refractivity contribution is -0.134. The maximum absolute atomic E-state index is 13.5. The van der Waals surface area contributed by atoms with E-state index >= 15 is 0 Å². The third-order valence-electron chi connectivity index (χ3n) is 7.57. The summed E-state index contributed by atoms with van der Waals surface area (Å²) in [6.45, 7) is 9.22. The van der Waals surface area contributed by atoms with Gasteiger partial charge in [0.05, 0.1) is 30.5 Å². The predicted molar refractivity (Wildman–Crippen MR) is 162 cm³/mol. The van der Waals surface area contributed by atoms with E-state index < -0.39 is 22.2 Å². The summed E-state index contributed by atoms with van der Waals surface area (Å²) >= 11 is 0. The maximum Gasteiger partial charge on any atom is 0.321 e. The second-order valence-electron chi connectivity index (χ2n) is 11.1. The molecule has 12 nitrogen and oxygen atoms in total. The summed E-state index contributed by atoms with van der Waals surface area (Å²) in [5, 5.41) is 16.6. The highest BCUT2D eigenvalue weighted by atomic mass is 32.2. The maximum atomic E-state index is 13.5. The van der Waals surface area contributed by atoms with Crippen LogP contribution in [-0.4, -0.2) is 79.3 Å². The Kier molecular flexibility index (Phi) is 9.65. The zero-order valence-corrected chi connectivity index (χ0v) is 26.1. The fraction of sp³-hybridized carbons (Fsp3) is 0.433. The number of aliphatic hydroxyl groups excluding tert-OH is 1. The van der Waals surface area contributed by atoms with Crippen LogP contribution in [-0.2, 0) is 21.2 Å². The molecular weight excluding hydrogens is 574 g/mol. The van der Waals surface area contributed by atoms with Crippen molar-refractivity contribution >= 4 is 33.3 Å². The van der Waals surface area contributed by atoms with Gasteiger partial charge in [-0.2, -0.15) is 0 Å². The number of sulfonamides is 1. The highest BCUT2D eigenvalue weighted by Gasteiger charge is 2.32. The molecule has 2 heterocycles. The van der Waals surface area contributed by atoms with Crippen LogP contribution in [0.3, 0.4) is 0 Å². The Bertz CT molecular complexity index is 1550. The zero-order chi connectivity index (χ0) is 31.5. The molecule has 4 rings (SSSR count). The summed E-state index contributed by atoms with van der Waals surface area (Å²) in [6, 6.07) is 10.4. The van der Waals surface area contributed by atoms with Gasteiger partial charge in [0.1, 0.15) is 23.2 Å². The van der Waals surface area contributed by atoms with E-state index in [0.29, 0.717) is 28.5 Å². The van der Waals surface area contributed by atoms with E-state index in [4.69, 9.17) is 9.26 Å². The van der Waals surface area contributed by atoms with E-state index in [1.807, 2.05) is 13.8 Å². The number of anilines is 2. The van der Waals surface area contributed by atoms with Crippen molar-refractivity contribution in [2.45, 2.75) is 58.1 Å². The number of hydrogen-bond donors (Lipinski definition) is 3. The van der Waals surface area contributed by atoms with Crippen LogP contribution in [0, 0.1) is 26.7 Å². The van der Waals surface area contributed by atoms with Gasteiger partial charge in [-0.1, -0.05) is 29.8 Å². The van der Waals surface area contributed by atoms with Gasteiger partial charge in [-0.15, -0.1) is 0 Å². The Morgan fingerprint density at radius 3 is 2.51 bits per heavy atom. The van der Waals surface area contributed by atoms with Gasteiger partial charge in [0.15, 0.2) is 5.76 Å². The molecule has 232 valence electrons. The number of nitrogens with zero attached hydrogens (tertiary/aromatic N) is 3. The number of likely N-dealkylation sites (N-methyl/N-ethyl adjacent to an activating group) is 1. The molecule has 3 aromatic rings. The first kappa shape index (κ1) is 31.8. The Balaban J connectivity index is 1.62. The highest BCUT2D eigenvalue weighted by molar-refractivity contribution is 7.92. The second-order valence-corrected chi connectivity index (χ2v) is 12.8. The number of carbonyl (C=O) groups excluding carboxylic acids is 2. The lowest BCUT2D eigenvalue weighted by atomic mass is 10.0. The predicted octanol–water partition coefficient (Wildman–Crippen LogP) is 3.71. The number of aromatic nitrogens is 1. The smallest absolute Gasteiger partial charge is 0.321 e. The molecule has 0 aliphatic carbocycles. The molecule has 1 aliphatic rings. The molecule has 13 heteroatoms. The van der Waals surface area contributed by atoms with Gasteiger partial charge < -0.3 is 29.5 Å². The number of fused-ring (bicyclic) bond motifs is 1. The molecule has 43 heavy (non-hydrogen) atoms. The minimum Gasteiger partial charge on any atom is -0.488 e. The van der Waals surface area contributed by atoms with Crippen molar-refractivity contribution in [2.75, 3.05) is 36.8 Å². The zero-order valence-electron chi connectivity index (χ0n) is 25.2. The van der Waals surface area contributed by atoms with Crippen molar-refractivity contribution in [3.05, 3.63) is 65.0 Å². The van der Waals surface area contributed by atoms with Crippen molar-refractivity contribution in [2.24, 2.45) is 5.92 Å². The summed E-state index contributed by atoms with van der Waals surface area (Å²) in [5.41, 5.74) is 2.74. The van der Waals surface area contributed by atoms with E-state index in [-0.39, 0.29) is 54.6 Å². The monoisotopic (exact) mass is 613 g/mol. The summed E-state index contributed by atoms with van der Waals surface area (Å²) in [6.07, 6.45) is -0.616. The van der Waals surface area contributed by atoms with E-state index in [1.54, 1.807) is 63.1 Å². The SMILES string of the molecule is Cc1ccc(S(=O)(=O)Nc2ccc3c(c2)CC(=O)N([C@H](C)CO)C[C@@H](C)[C@@H](CN(C)C(=O)Nc2c(C)noc2C)O3)cc1. The Morgan fingerprint density at radius 1 is 1.19 bits per heavy atom. The summed E-state index contributed by atoms with van der Waals surface area (Å²) in [7, 11) is -2.24. The molecule has 3 atom stereocenters. The number of rotatable bonds is 8. The van der Waals surface area contributed by atoms with Gasteiger partial charge in [-0.25, -0.2) is 13.2 Å². The topological polar surface area (TPSA) is 154 Å². The Hall–Kier alpha value is -4.10.